The van der Waals surface area contributed by atoms with E-state index in [0.29, 0.717) is 19.4 Å². The van der Waals surface area contributed by atoms with Crippen LogP contribution in [0.5, 0.6) is 0 Å². The molecule has 1 aliphatic heterocycles. The summed E-state index contributed by atoms with van der Waals surface area (Å²) in [4.78, 5) is 25.8. The molecule has 6 heteroatoms. The molecule has 2 aliphatic rings. The highest BCUT2D eigenvalue weighted by Crippen LogP contribution is 2.37. The van der Waals surface area contributed by atoms with E-state index in [0.717, 1.165) is 31.2 Å². The van der Waals surface area contributed by atoms with Gasteiger partial charge in [-0.2, -0.15) is 0 Å². The lowest BCUT2D eigenvalue weighted by Crippen LogP contribution is -2.59. The Morgan fingerprint density at radius 3 is 2.64 bits per heavy atom. The minimum atomic E-state index is -1.23. The van der Waals surface area contributed by atoms with Crippen LogP contribution < -0.4 is 5.73 Å². The summed E-state index contributed by atoms with van der Waals surface area (Å²) in [5.41, 5.74) is 7.25. The second kappa shape index (κ2) is 7.87. The van der Waals surface area contributed by atoms with Crippen molar-refractivity contribution in [3.63, 3.8) is 0 Å². The summed E-state index contributed by atoms with van der Waals surface area (Å²) in [6.45, 7) is 0.514. The monoisotopic (exact) mass is 346 g/mol. The van der Waals surface area contributed by atoms with Crippen LogP contribution in [0, 0.1) is 5.92 Å². The lowest BCUT2D eigenvalue weighted by molar-refractivity contribution is -0.143. The standard InChI is InChI=1S/C19H26N2O4/c20-15(12-13-6-2-1-3-7-13)18(22)21-11-10-17(25-19(23)24)14-8-4-5-9-16(14)21/h1-3,6-7,14-17H,4-5,8-12,20H2,(H,23,24)/t14?,15-,16?,17?/m0/s1. The van der Waals surface area contributed by atoms with Crippen LogP contribution in [0.3, 0.4) is 0 Å². The molecular formula is C19H26N2O4. The Labute approximate surface area is 147 Å². The van der Waals surface area contributed by atoms with E-state index < -0.39 is 12.2 Å². The van der Waals surface area contributed by atoms with E-state index in [-0.39, 0.29) is 24.0 Å². The van der Waals surface area contributed by atoms with Gasteiger partial charge in [0.05, 0.1) is 6.04 Å². The summed E-state index contributed by atoms with van der Waals surface area (Å²) in [6, 6.07) is 9.25. The van der Waals surface area contributed by atoms with Crippen molar-refractivity contribution in [1.82, 2.24) is 4.90 Å². The van der Waals surface area contributed by atoms with Crippen molar-refractivity contribution < 1.29 is 19.4 Å². The molecule has 6 nitrogen and oxygen atoms in total. The van der Waals surface area contributed by atoms with Gasteiger partial charge in [0, 0.05) is 24.9 Å². The smallest absolute Gasteiger partial charge is 0.450 e. The number of rotatable bonds is 4. The Bertz CT molecular complexity index is 607. The van der Waals surface area contributed by atoms with Crippen LogP contribution in [0.25, 0.3) is 0 Å². The molecule has 1 aliphatic carbocycles. The number of carbonyl (C=O) groups is 2. The molecule has 1 saturated carbocycles. The first-order valence-corrected chi connectivity index (χ1v) is 9.06. The van der Waals surface area contributed by atoms with Crippen LogP contribution in [0.2, 0.25) is 0 Å². The number of nitrogens with two attached hydrogens (primary N) is 1. The van der Waals surface area contributed by atoms with Crippen LogP contribution in [-0.4, -0.2) is 46.8 Å². The van der Waals surface area contributed by atoms with Crippen LogP contribution in [0.15, 0.2) is 30.3 Å². The highest BCUT2D eigenvalue weighted by Gasteiger charge is 2.43. The number of likely N-dealkylation sites (tertiary alicyclic amines) is 1. The van der Waals surface area contributed by atoms with Crippen molar-refractivity contribution in [2.45, 2.75) is 56.7 Å². The maximum atomic E-state index is 12.9. The molecule has 2 fully saturated rings. The zero-order valence-corrected chi connectivity index (χ0v) is 14.3. The summed E-state index contributed by atoms with van der Waals surface area (Å²) < 4.78 is 5.09. The summed E-state index contributed by atoms with van der Waals surface area (Å²) in [6.07, 6.45) is 3.44. The number of nitrogens with zero attached hydrogens (tertiary/aromatic N) is 1. The van der Waals surface area contributed by atoms with Gasteiger partial charge in [-0.15, -0.1) is 0 Å². The van der Waals surface area contributed by atoms with Gasteiger partial charge in [0.25, 0.3) is 0 Å². The number of benzene rings is 1. The number of amides is 1. The molecule has 3 rings (SSSR count). The number of carbonyl (C=O) groups excluding carboxylic acids is 1. The third kappa shape index (κ3) is 4.12. The predicted octanol–water partition coefficient (Wildman–Crippen LogP) is 2.41. The van der Waals surface area contributed by atoms with E-state index in [9.17, 15) is 9.59 Å². The maximum Gasteiger partial charge on any atom is 0.506 e. The zero-order valence-electron chi connectivity index (χ0n) is 14.3. The molecule has 25 heavy (non-hydrogen) atoms. The number of hydrogen-bond acceptors (Lipinski definition) is 4. The van der Waals surface area contributed by atoms with E-state index in [1.54, 1.807) is 0 Å². The fourth-order valence-corrected chi connectivity index (χ4v) is 4.32. The van der Waals surface area contributed by atoms with Crippen molar-refractivity contribution in [3.05, 3.63) is 35.9 Å². The molecule has 0 bridgehead atoms. The van der Waals surface area contributed by atoms with E-state index in [1.165, 1.54) is 0 Å². The fraction of sp³-hybridized carbons (Fsp3) is 0.579. The average molecular weight is 346 g/mol. The van der Waals surface area contributed by atoms with Crippen LogP contribution >= 0.6 is 0 Å². The highest BCUT2D eigenvalue weighted by atomic mass is 16.7. The van der Waals surface area contributed by atoms with Crippen LogP contribution in [0.4, 0.5) is 4.79 Å². The van der Waals surface area contributed by atoms with Crippen LogP contribution in [0.1, 0.15) is 37.7 Å². The van der Waals surface area contributed by atoms with Crippen molar-refractivity contribution in [1.29, 1.82) is 0 Å². The third-order valence-electron chi connectivity index (χ3n) is 5.46. The predicted molar refractivity (Wildman–Crippen MR) is 93.1 cm³/mol. The molecule has 3 N–H and O–H groups in total. The Hall–Kier alpha value is -2.08. The summed E-state index contributed by atoms with van der Waals surface area (Å²) >= 11 is 0. The van der Waals surface area contributed by atoms with Gasteiger partial charge in [-0.05, 0) is 24.8 Å². The quantitative estimate of drug-likeness (QED) is 0.817. The normalized spacial score (nSPS) is 27.2. The molecule has 4 atom stereocenters. The molecule has 1 aromatic rings. The van der Waals surface area contributed by atoms with Crippen LogP contribution in [-0.2, 0) is 16.0 Å². The SMILES string of the molecule is N[C@@H](Cc1ccccc1)C(=O)N1CCC(OC(=O)O)C2CCCCC21. The van der Waals surface area contributed by atoms with Gasteiger partial charge in [0.1, 0.15) is 6.10 Å². The van der Waals surface area contributed by atoms with Crippen molar-refractivity contribution in [2.75, 3.05) is 6.54 Å². The van der Waals surface area contributed by atoms with Gasteiger partial charge in [0.15, 0.2) is 0 Å². The molecule has 1 aromatic carbocycles. The molecule has 1 heterocycles. The molecule has 136 valence electrons. The van der Waals surface area contributed by atoms with Gasteiger partial charge < -0.3 is 20.5 Å². The van der Waals surface area contributed by atoms with Gasteiger partial charge in [-0.25, -0.2) is 4.79 Å². The molecule has 1 amide bonds. The van der Waals surface area contributed by atoms with E-state index in [4.69, 9.17) is 15.6 Å². The third-order valence-corrected chi connectivity index (χ3v) is 5.46. The number of hydrogen-bond donors (Lipinski definition) is 2. The second-order valence-electron chi connectivity index (χ2n) is 7.05. The highest BCUT2D eigenvalue weighted by molar-refractivity contribution is 5.82. The van der Waals surface area contributed by atoms with Gasteiger partial charge in [0.2, 0.25) is 5.91 Å². The Kier molecular flexibility index (Phi) is 5.58. The summed E-state index contributed by atoms with van der Waals surface area (Å²) in [7, 11) is 0. The number of carboxylic acid groups (broad SMARTS) is 1. The molecule has 0 aromatic heterocycles. The maximum absolute atomic E-state index is 12.9. The second-order valence-corrected chi connectivity index (χ2v) is 7.05. The van der Waals surface area contributed by atoms with E-state index in [1.807, 2.05) is 35.2 Å². The molecular weight excluding hydrogens is 320 g/mol. The van der Waals surface area contributed by atoms with E-state index in [2.05, 4.69) is 0 Å². The number of ether oxygens (including phenoxy) is 1. The van der Waals surface area contributed by atoms with E-state index >= 15 is 0 Å². The first-order valence-electron chi connectivity index (χ1n) is 9.06. The molecule has 0 radical (unpaired) electrons. The lowest BCUT2D eigenvalue weighted by atomic mass is 9.76. The van der Waals surface area contributed by atoms with Crippen molar-refractivity contribution in [3.8, 4) is 0 Å². The summed E-state index contributed by atoms with van der Waals surface area (Å²) in [5.74, 6) is 0.0565. The lowest BCUT2D eigenvalue weighted by Gasteiger charge is -2.47. The molecule has 3 unspecified atom stereocenters. The number of fused-ring (bicyclic) bond motifs is 1. The van der Waals surface area contributed by atoms with Crippen molar-refractivity contribution in [2.24, 2.45) is 11.7 Å². The zero-order chi connectivity index (χ0) is 17.8. The summed E-state index contributed by atoms with van der Waals surface area (Å²) in [5, 5.41) is 8.96. The minimum absolute atomic E-state index is 0.0328. The minimum Gasteiger partial charge on any atom is -0.450 e. The van der Waals surface area contributed by atoms with Gasteiger partial charge >= 0.3 is 6.16 Å². The molecule has 0 spiro atoms. The van der Waals surface area contributed by atoms with Gasteiger partial charge in [-0.1, -0.05) is 43.2 Å². The Balaban J connectivity index is 1.68. The first kappa shape index (κ1) is 17.7. The Morgan fingerprint density at radius 2 is 1.92 bits per heavy atom. The molecule has 1 saturated heterocycles. The number of piperidine rings is 1. The first-order chi connectivity index (χ1) is 12.1. The topological polar surface area (TPSA) is 92.9 Å². The van der Waals surface area contributed by atoms with Crippen molar-refractivity contribution >= 4 is 12.1 Å². The largest absolute Gasteiger partial charge is 0.506 e. The Morgan fingerprint density at radius 1 is 1.20 bits per heavy atom. The van der Waals surface area contributed by atoms with Gasteiger partial charge in [-0.3, -0.25) is 4.79 Å². The fourth-order valence-electron chi connectivity index (χ4n) is 4.32. The average Bonchev–Trinajstić information content (AvgIpc) is 2.62.